The second kappa shape index (κ2) is 9.84. The van der Waals surface area contributed by atoms with Crippen molar-refractivity contribution < 1.29 is 9.59 Å². The number of benzene rings is 3. The summed E-state index contributed by atoms with van der Waals surface area (Å²) in [5.74, 6) is -0.218. The summed E-state index contributed by atoms with van der Waals surface area (Å²) in [5, 5.41) is 6.43. The van der Waals surface area contributed by atoms with Gasteiger partial charge in [-0.2, -0.15) is 0 Å². The van der Waals surface area contributed by atoms with Crippen molar-refractivity contribution in [2.75, 3.05) is 23.7 Å². The topological polar surface area (TPSA) is 61.4 Å². The van der Waals surface area contributed by atoms with Crippen LogP contribution in [0.5, 0.6) is 0 Å². The lowest BCUT2D eigenvalue weighted by molar-refractivity contribution is -0.110. The maximum Gasteiger partial charge on any atom is 0.258 e. The first-order valence-corrected chi connectivity index (χ1v) is 11.3. The molecular formula is C28H29N3O2. The fourth-order valence-corrected chi connectivity index (χ4v) is 4.06. The van der Waals surface area contributed by atoms with E-state index in [0.717, 1.165) is 36.4 Å². The molecule has 0 radical (unpaired) electrons. The number of ketones is 1. The molecule has 0 atom stereocenters. The first-order chi connectivity index (χ1) is 16.0. The number of hydrogen-bond acceptors (Lipinski definition) is 4. The van der Waals surface area contributed by atoms with Crippen molar-refractivity contribution in [3.05, 3.63) is 95.1 Å². The minimum atomic E-state index is -0.185. The number of carbonyl (C=O) groups excluding carboxylic acids is 2. The molecule has 5 nitrogen and oxygen atoms in total. The number of rotatable bonds is 8. The molecule has 0 aliphatic carbocycles. The molecule has 4 rings (SSSR count). The van der Waals surface area contributed by atoms with Crippen molar-refractivity contribution in [1.29, 1.82) is 0 Å². The molecule has 3 aromatic rings. The quantitative estimate of drug-likeness (QED) is 0.351. The lowest BCUT2D eigenvalue weighted by Gasteiger charge is -2.19. The highest BCUT2D eigenvalue weighted by Crippen LogP contribution is 2.38. The minimum Gasteiger partial charge on any atom is -0.354 e. The molecule has 0 unspecified atom stereocenters. The molecule has 0 saturated heterocycles. The van der Waals surface area contributed by atoms with Crippen LogP contribution < -0.4 is 10.6 Å². The van der Waals surface area contributed by atoms with Gasteiger partial charge in [0.15, 0.2) is 5.78 Å². The highest BCUT2D eigenvalue weighted by molar-refractivity contribution is 6.37. The van der Waals surface area contributed by atoms with Gasteiger partial charge in [0.25, 0.3) is 5.91 Å². The Labute approximate surface area is 195 Å². The van der Waals surface area contributed by atoms with Crippen LogP contribution in [-0.2, 0) is 11.3 Å². The lowest BCUT2D eigenvalue weighted by Crippen LogP contribution is -2.22. The van der Waals surface area contributed by atoms with Gasteiger partial charge in [-0.1, -0.05) is 56.3 Å². The Morgan fingerprint density at radius 3 is 2.24 bits per heavy atom. The lowest BCUT2D eigenvalue weighted by atomic mass is 9.97. The van der Waals surface area contributed by atoms with Gasteiger partial charge in [0.05, 0.1) is 11.3 Å². The van der Waals surface area contributed by atoms with Gasteiger partial charge in [-0.25, -0.2) is 0 Å². The van der Waals surface area contributed by atoms with Gasteiger partial charge in [-0.15, -0.1) is 0 Å². The van der Waals surface area contributed by atoms with Crippen LogP contribution in [0.3, 0.4) is 0 Å². The highest BCUT2D eigenvalue weighted by atomic mass is 16.2. The third-order valence-corrected chi connectivity index (χ3v) is 6.01. The van der Waals surface area contributed by atoms with Crippen molar-refractivity contribution in [3.8, 4) is 0 Å². The van der Waals surface area contributed by atoms with E-state index in [1.54, 1.807) is 18.2 Å². The van der Waals surface area contributed by atoms with Gasteiger partial charge in [0, 0.05) is 29.0 Å². The van der Waals surface area contributed by atoms with E-state index < -0.39 is 0 Å². The largest absolute Gasteiger partial charge is 0.354 e. The van der Waals surface area contributed by atoms with Gasteiger partial charge in [0.1, 0.15) is 0 Å². The third kappa shape index (κ3) is 4.89. The maximum atomic E-state index is 13.1. The van der Waals surface area contributed by atoms with Crippen LogP contribution in [0.15, 0.2) is 72.8 Å². The number of anilines is 2. The molecule has 168 valence electrons. The molecule has 1 aliphatic heterocycles. The standard InChI is InChI=1S/C28H29N3O2/c1-4-31(5-2)18-20-11-14-23(15-12-20)29-27(21-9-7-6-8-10-21)26-24-17-22(19(3)32)13-16-25(24)30-28(26)33/h6-17,29H,4-5,18H2,1-3H3,(H,30,33). The average molecular weight is 440 g/mol. The van der Waals surface area contributed by atoms with Gasteiger partial charge >= 0.3 is 0 Å². The first-order valence-electron chi connectivity index (χ1n) is 11.3. The van der Waals surface area contributed by atoms with E-state index in [1.807, 2.05) is 42.5 Å². The smallest absolute Gasteiger partial charge is 0.258 e. The Kier molecular flexibility index (Phi) is 6.71. The summed E-state index contributed by atoms with van der Waals surface area (Å²) in [4.78, 5) is 27.4. The molecule has 0 saturated carbocycles. The Bertz CT molecular complexity index is 1190. The molecule has 3 aromatic carbocycles. The molecular weight excluding hydrogens is 410 g/mol. The number of amides is 1. The Morgan fingerprint density at radius 1 is 0.909 bits per heavy atom. The Hall–Kier alpha value is -3.70. The van der Waals surface area contributed by atoms with Gasteiger partial charge < -0.3 is 10.6 Å². The van der Waals surface area contributed by atoms with Crippen LogP contribution >= 0.6 is 0 Å². The molecule has 1 aliphatic rings. The van der Waals surface area contributed by atoms with Crippen LogP contribution in [0.1, 0.15) is 47.8 Å². The number of carbonyl (C=O) groups is 2. The number of hydrogen-bond donors (Lipinski definition) is 2. The van der Waals surface area contributed by atoms with Crippen molar-refractivity contribution in [2.24, 2.45) is 0 Å². The monoisotopic (exact) mass is 439 g/mol. The Balaban J connectivity index is 1.75. The number of fused-ring (bicyclic) bond motifs is 1. The summed E-state index contributed by atoms with van der Waals surface area (Å²) in [5.41, 5.74) is 6.31. The van der Waals surface area contributed by atoms with Crippen molar-refractivity contribution in [3.63, 3.8) is 0 Å². The van der Waals surface area contributed by atoms with Crippen molar-refractivity contribution >= 4 is 34.3 Å². The van der Waals surface area contributed by atoms with E-state index in [0.29, 0.717) is 22.5 Å². The first kappa shape index (κ1) is 22.5. The van der Waals surface area contributed by atoms with Crippen LogP contribution in [-0.4, -0.2) is 29.7 Å². The summed E-state index contributed by atoms with van der Waals surface area (Å²) in [6.45, 7) is 8.80. The van der Waals surface area contributed by atoms with E-state index >= 15 is 0 Å². The molecule has 0 aromatic heterocycles. The van der Waals surface area contributed by atoms with E-state index in [4.69, 9.17) is 0 Å². The third-order valence-electron chi connectivity index (χ3n) is 6.01. The number of Topliss-reactive ketones (excluding diaryl/α,β-unsaturated/α-hetero) is 1. The number of nitrogens with one attached hydrogen (secondary N) is 2. The van der Waals surface area contributed by atoms with E-state index in [1.165, 1.54) is 12.5 Å². The molecule has 33 heavy (non-hydrogen) atoms. The summed E-state index contributed by atoms with van der Waals surface area (Å²) < 4.78 is 0. The number of nitrogens with zero attached hydrogens (tertiary/aromatic N) is 1. The van der Waals surface area contributed by atoms with Gasteiger partial charge in [-0.05, 0) is 61.5 Å². The zero-order valence-corrected chi connectivity index (χ0v) is 19.3. The van der Waals surface area contributed by atoms with Crippen LogP contribution in [0.25, 0.3) is 11.3 Å². The van der Waals surface area contributed by atoms with Crippen LogP contribution in [0.4, 0.5) is 11.4 Å². The fraction of sp³-hybridized carbons (Fsp3) is 0.214. The predicted octanol–water partition coefficient (Wildman–Crippen LogP) is 5.66. The molecule has 0 spiro atoms. The van der Waals surface area contributed by atoms with Crippen molar-refractivity contribution in [2.45, 2.75) is 27.3 Å². The molecule has 5 heteroatoms. The van der Waals surface area contributed by atoms with E-state index in [2.05, 4.69) is 41.5 Å². The summed E-state index contributed by atoms with van der Waals surface area (Å²) >= 11 is 0. The zero-order chi connectivity index (χ0) is 23.4. The molecule has 1 amide bonds. The average Bonchev–Trinajstić information content (AvgIpc) is 3.17. The predicted molar refractivity (Wildman–Crippen MR) is 135 cm³/mol. The van der Waals surface area contributed by atoms with Gasteiger partial charge in [0.2, 0.25) is 0 Å². The highest BCUT2D eigenvalue weighted by Gasteiger charge is 2.29. The summed E-state index contributed by atoms with van der Waals surface area (Å²) in [7, 11) is 0. The van der Waals surface area contributed by atoms with Crippen LogP contribution in [0.2, 0.25) is 0 Å². The molecule has 0 bridgehead atoms. The van der Waals surface area contributed by atoms with Gasteiger partial charge in [-0.3, -0.25) is 14.5 Å². The molecule has 1 heterocycles. The normalized spacial score (nSPS) is 14.1. The van der Waals surface area contributed by atoms with Crippen molar-refractivity contribution in [1.82, 2.24) is 4.90 Å². The summed E-state index contributed by atoms with van der Waals surface area (Å²) in [6, 6.07) is 23.5. The van der Waals surface area contributed by atoms with E-state index in [-0.39, 0.29) is 11.7 Å². The van der Waals surface area contributed by atoms with E-state index in [9.17, 15) is 9.59 Å². The molecule has 2 N–H and O–H groups in total. The second-order valence-electron chi connectivity index (χ2n) is 8.17. The zero-order valence-electron chi connectivity index (χ0n) is 19.3. The fourth-order valence-electron chi connectivity index (χ4n) is 4.06. The minimum absolute atomic E-state index is 0.0329. The van der Waals surface area contributed by atoms with Crippen LogP contribution in [0, 0.1) is 0 Å². The maximum absolute atomic E-state index is 13.1. The SMILES string of the molecule is CCN(CC)Cc1ccc(NC(=C2C(=O)Nc3ccc(C(C)=O)cc32)c2ccccc2)cc1. The second-order valence-corrected chi connectivity index (χ2v) is 8.17. The Morgan fingerprint density at radius 2 is 1.61 bits per heavy atom. The molecule has 0 fully saturated rings. The summed E-state index contributed by atoms with van der Waals surface area (Å²) in [6.07, 6.45) is 0.